The number of nitrogens with two attached hydrogens (primary N) is 1. The Morgan fingerprint density at radius 2 is 1.89 bits per heavy atom. The van der Waals surface area contributed by atoms with E-state index in [9.17, 15) is 9.59 Å². The van der Waals surface area contributed by atoms with Crippen molar-refractivity contribution in [3.8, 4) is 0 Å². The number of anilines is 1. The minimum atomic E-state index is -0.714. The van der Waals surface area contributed by atoms with Crippen LogP contribution in [0.25, 0.3) is 0 Å². The standard InChI is InChI=1S/C19H32N4O5/c1-12-8-23(16(24)21-15(12)20)14-10-22(17(25)28-19(5,6)7)9-13(27-14)11-26-18(2,3)4/h8,13-14H,9-11H2,1-7H3,(H2,20,21,24)/t13-,14+/m0/s1. The minimum Gasteiger partial charge on any atom is -0.444 e. The molecule has 1 saturated heterocycles. The van der Waals surface area contributed by atoms with Crippen molar-refractivity contribution in [2.75, 3.05) is 25.4 Å². The van der Waals surface area contributed by atoms with Crippen molar-refractivity contribution in [2.24, 2.45) is 0 Å². The van der Waals surface area contributed by atoms with Gasteiger partial charge in [-0.3, -0.25) is 4.57 Å². The monoisotopic (exact) mass is 396 g/mol. The van der Waals surface area contributed by atoms with E-state index in [1.54, 1.807) is 33.9 Å². The zero-order valence-corrected chi connectivity index (χ0v) is 17.8. The largest absolute Gasteiger partial charge is 0.444 e. The van der Waals surface area contributed by atoms with Gasteiger partial charge in [-0.1, -0.05) is 0 Å². The molecule has 1 aliphatic rings. The van der Waals surface area contributed by atoms with Gasteiger partial charge in [0.1, 0.15) is 17.5 Å². The molecule has 1 aromatic rings. The van der Waals surface area contributed by atoms with E-state index in [1.807, 2.05) is 20.8 Å². The number of hydrogen-bond acceptors (Lipinski definition) is 7. The van der Waals surface area contributed by atoms with Crippen molar-refractivity contribution in [2.45, 2.75) is 72.0 Å². The van der Waals surface area contributed by atoms with E-state index >= 15 is 0 Å². The van der Waals surface area contributed by atoms with Crippen LogP contribution in [0.15, 0.2) is 11.0 Å². The van der Waals surface area contributed by atoms with Gasteiger partial charge in [-0.2, -0.15) is 4.98 Å². The lowest BCUT2D eigenvalue weighted by Gasteiger charge is -2.39. The Labute approximate surface area is 165 Å². The maximum atomic E-state index is 12.6. The van der Waals surface area contributed by atoms with Crippen LogP contribution in [-0.4, -0.2) is 57.5 Å². The number of hydrogen-bond donors (Lipinski definition) is 1. The van der Waals surface area contributed by atoms with Crippen LogP contribution in [0.1, 0.15) is 53.3 Å². The SMILES string of the molecule is Cc1cn([C@H]2CN(C(=O)OC(C)(C)C)C[C@@H](COC(C)(C)C)O2)c(=O)nc1N. The average Bonchev–Trinajstić information content (AvgIpc) is 2.54. The quantitative estimate of drug-likeness (QED) is 0.833. The second-order valence-corrected chi connectivity index (χ2v) is 9.02. The second kappa shape index (κ2) is 8.08. The van der Waals surface area contributed by atoms with Crippen LogP contribution < -0.4 is 11.4 Å². The smallest absolute Gasteiger partial charge is 0.410 e. The number of nitrogens with zero attached hydrogens (tertiary/aromatic N) is 3. The third-order valence-electron chi connectivity index (χ3n) is 3.99. The number of aryl methyl sites for hydroxylation is 1. The topological polar surface area (TPSA) is 109 Å². The van der Waals surface area contributed by atoms with Crippen LogP contribution in [0, 0.1) is 6.92 Å². The fourth-order valence-corrected chi connectivity index (χ4v) is 2.67. The fraction of sp³-hybridized carbons (Fsp3) is 0.737. The summed E-state index contributed by atoms with van der Waals surface area (Å²) in [5.41, 5.74) is 4.85. The first-order chi connectivity index (χ1) is 12.7. The van der Waals surface area contributed by atoms with Crippen LogP contribution in [-0.2, 0) is 14.2 Å². The van der Waals surface area contributed by atoms with E-state index in [4.69, 9.17) is 19.9 Å². The Balaban J connectivity index is 2.27. The molecule has 0 saturated carbocycles. The van der Waals surface area contributed by atoms with Gasteiger partial charge >= 0.3 is 11.8 Å². The predicted molar refractivity (Wildman–Crippen MR) is 105 cm³/mol. The van der Waals surface area contributed by atoms with E-state index < -0.39 is 29.7 Å². The summed E-state index contributed by atoms with van der Waals surface area (Å²) in [4.78, 5) is 30.3. The molecule has 9 nitrogen and oxygen atoms in total. The van der Waals surface area contributed by atoms with Crippen molar-refractivity contribution in [1.82, 2.24) is 14.5 Å². The summed E-state index contributed by atoms with van der Waals surface area (Å²) in [6.45, 7) is 13.7. The number of aromatic nitrogens is 2. The van der Waals surface area contributed by atoms with Gasteiger partial charge < -0.3 is 24.8 Å². The first-order valence-electron chi connectivity index (χ1n) is 9.38. The number of amides is 1. The number of carbonyl (C=O) groups excluding carboxylic acids is 1. The molecule has 1 aliphatic heterocycles. The highest BCUT2D eigenvalue weighted by atomic mass is 16.6. The Bertz CT molecular complexity index is 763. The molecule has 158 valence electrons. The highest BCUT2D eigenvalue weighted by molar-refractivity contribution is 5.68. The number of morpholine rings is 1. The van der Waals surface area contributed by atoms with Gasteiger partial charge in [0.05, 0.1) is 25.3 Å². The molecule has 1 fully saturated rings. The van der Waals surface area contributed by atoms with Crippen molar-refractivity contribution in [1.29, 1.82) is 0 Å². The van der Waals surface area contributed by atoms with Crippen LogP contribution in [0.4, 0.5) is 10.6 Å². The fourth-order valence-electron chi connectivity index (χ4n) is 2.67. The number of carbonyl (C=O) groups is 1. The molecule has 0 unspecified atom stereocenters. The number of rotatable bonds is 3. The van der Waals surface area contributed by atoms with Crippen molar-refractivity contribution < 1.29 is 19.0 Å². The van der Waals surface area contributed by atoms with Gasteiger partial charge in [0, 0.05) is 11.8 Å². The molecule has 2 atom stereocenters. The molecule has 28 heavy (non-hydrogen) atoms. The molecule has 0 bridgehead atoms. The molecule has 0 aromatic carbocycles. The molecule has 0 spiro atoms. The van der Waals surface area contributed by atoms with Crippen LogP contribution in [0.3, 0.4) is 0 Å². The predicted octanol–water partition coefficient (Wildman–Crippen LogP) is 2.08. The summed E-state index contributed by atoms with van der Waals surface area (Å²) in [6.07, 6.45) is -0.00518. The first-order valence-corrected chi connectivity index (χ1v) is 9.38. The van der Waals surface area contributed by atoms with Crippen molar-refractivity contribution >= 4 is 11.9 Å². The van der Waals surface area contributed by atoms with E-state index in [0.29, 0.717) is 12.1 Å². The summed E-state index contributed by atoms with van der Waals surface area (Å²) in [5, 5.41) is 0. The minimum absolute atomic E-state index is 0.159. The lowest BCUT2D eigenvalue weighted by Crippen LogP contribution is -2.52. The molecule has 1 aromatic heterocycles. The van der Waals surface area contributed by atoms with Gasteiger partial charge in [0.15, 0.2) is 6.23 Å². The molecular weight excluding hydrogens is 364 g/mol. The Morgan fingerprint density at radius 1 is 1.25 bits per heavy atom. The maximum absolute atomic E-state index is 12.6. The van der Waals surface area contributed by atoms with Gasteiger partial charge in [0.2, 0.25) is 0 Å². The molecule has 9 heteroatoms. The number of ether oxygens (including phenoxy) is 3. The average molecular weight is 396 g/mol. The molecular formula is C19H32N4O5. The molecule has 0 radical (unpaired) electrons. The van der Waals surface area contributed by atoms with Crippen LogP contribution in [0.2, 0.25) is 0 Å². The van der Waals surface area contributed by atoms with Crippen LogP contribution in [0.5, 0.6) is 0 Å². The van der Waals surface area contributed by atoms with Crippen molar-refractivity contribution in [3.63, 3.8) is 0 Å². The zero-order chi connectivity index (χ0) is 21.3. The highest BCUT2D eigenvalue weighted by Crippen LogP contribution is 2.23. The van der Waals surface area contributed by atoms with Gasteiger partial charge in [-0.15, -0.1) is 0 Å². The van der Waals surface area contributed by atoms with E-state index in [-0.39, 0.29) is 24.6 Å². The van der Waals surface area contributed by atoms with E-state index in [0.717, 1.165) is 0 Å². The van der Waals surface area contributed by atoms with Crippen LogP contribution >= 0.6 is 0 Å². The van der Waals surface area contributed by atoms with Crippen molar-refractivity contribution in [3.05, 3.63) is 22.2 Å². The highest BCUT2D eigenvalue weighted by Gasteiger charge is 2.35. The number of nitrogen functional groups attached to an aromatic ring is 1. The Hall–Kier alpha value is -2.13. The Kier molecular flexibility index (Phi) is 6.40. The molecule has 2 heterocycles. The molecule has 2 rings (SSSR count). The summed E-state index contributed by atoms with van der Waals surface area (Å²) >= 11 is 0. The summed E-state index contributed by atoms with van der Waals surface area (Å²) in [5.74, 6) is 0.175. The normalized spacial score (nSPS) is 20.9. The van der Waals surface area contributed by atoms with Gasteiger partial charge in [-0.25, -0.2) is 9.59 Å². The maximum Gasteiger partial charge on any atom is 0.410 e. The molecule has 0 aliphatic carbocycles. The lowest BCUT2D eigenvalue weighted by atomic mass is 10.2. The third kappa shape index (κ3) is 6.20. The second-order valence-electron chi connectivity index (χ2n) is 9.02. The zero-order valence-electron chi connectivity index (χ0n) is 17.8. The van der Waals surface area contributed by atoms with Gasteiger partial charge in [0.25, 0.3) is 0 Å². The summed E-state index contributed by atoms with van der Waals surface area (Å²) in [7, 11) is 0. The van der Waals surface area contributed by atoms with E-state index in [1.165, 1.54) is 9.47 Å². The third-order valence-corrected chi connectivity index (χ3v) is 3.99. The van der Waals surface area contributed by atoms with Gasteiger partial charge in [-0.05, 0) is 48.5 Å². The lowest BCUT2D eigenvalue weighted by molar-refractivity contribution is -0.156. The molecule has 2 N–H and O–H groups in total. The van der Waals surface area contributed by atoms with E-state index in [2.05, 4.69) is 4.98 Å². The molecule has 1 amide bonds. The summed E-state index contributed by atoms with van der Waals surface area (Å²) in [6, 6.07) is 0. The Morgan fingerprint density at radius 3 is 2.46 bits per heavy atom. The summed E-state index contributed by atoms with van der Waals surface area (Å²) < 4.78 is 18.7. The first kappa shape index (κ1) is 22.2.